The van der Waals surface area contributed by atoms with Gasteiger partial charge in [0, 0.05) is 11.3 Å². The monoisotopic (exact) mass is 228 g/mol. The minimum atomic E-state index is -0.257. The van der Waals surface area contributed by atoms with Crippen molar-refractivity contribution in [1.29, 1.82) is 0 Å². The first-order valence-electron chi connectivity index (χ1n) is 5.27. The summed E-state index contributed by atoms with van der Waals surface area (Å²) < 4.78 is 0. The van der Waals surface area contributed by atoms with E-state index in [1.54, 1.807) is 38.1 Å². The number of hydrogen-bond donors (Lipinski definition) is 1. The van der Waals surface area contributed by atoms with Crippen molar-refractivity contribution in [2.75, 3.05) is 0 Å². The Labute approximate surface area is 98.3 Å². The summed E-state index contributed by atoms with van der Waals surface area (Å²) in [4.78, 5) is 30.1. The van der Waals surface area contributed by atoms with Crippen LogP contribution in [0.15, 0.2) is 35.1 Å². The molecule has 1 heterocycles. The zero-order valence-corrected chi connectivity index (χ0v) is 9.65. The standard InChI is InChI=1S/C13H12N2O2/c1-8-11(14-9(2)13(17)15-8)12(16)10-6-4-3-5-7-10/h3-7H,1-2H3,(H,15,17). The van der Waals surface area contributed by atoms with Gasteiger partial charge in [0.2, 0.25) is 5.78 Å². The van der Waals surface area contributed by atoms with E-state index in [2.05, 4.69) is 9.97 Å². The van der Waals surface area contributed by atoms with E-state index in [1.165, 1.54) is 0 Å². The predicted octanol–water partition coefficient (Wildman–Crippen LogP) is 1.62. The number of H-pyrrole nitrogens is 1. The van der Waals surface area contributed by atoms with Gasteiger partial charge in [0.15, 0.2) is 0 Å². The molecule has 86 valence electrons. The first-order chi connectivity index (χ1) is 8.09. The number of nitrogens with zero attached hydrogens (tertiary/aromatic N) is 1. The third-order valence-corrected chi connectivity index (χ3v) is 2.52. The Hall–Kier alpha value is -2.23. The predicted molar refractivity (Wildman–Crippen MR) is 64.2 cm³/mol. The van der Waals surface area contributed by atoms with Crippen LogP contribution < -0.4 is 5.56 Å². The number of aromatic amines is 1. The van der Waals surface area contributed by atoms with E-state index in [0.717, 1.165) is 0 Å². The van der Waals surface area contributed by atoms with Crippen molar-refractivity contribution in [2.24, 2.45) is 0 Å². The molecule has 0 aliphatic carbocycles. The zero-order valence-electron chi connectivity index (χ0n) is 9.65. The van der Waals surface area contributed by atoms with E-state index in [-0.39, 0.29) is 11.3 Å². The molecule has 0 spiro atoms. The summed E-state index contributed by atoms with van der Waals surface area (Å²) in [6, 6.07) is 8.88. The molecule has 17 heavy (non-hydrogen) atoms. The zero-order chi connectivity index (χ0) is 12.4. The van der Waals surface area contributed by atoms with Gasteiger partial charge in [-0.15, -0.1) is 0 Å². The minimum Gasteiger partial charge on any atom is -0.323 e. The van der Waals surface area contributed by atoms with Gasteiger partial charge in [-0.3, -0.25) is 9.59 Å². The average molecular weight is 228 g/mol. The van der Waals surface area contributed by atoms with Gasteiger partial charge in [0.25, 0.3) is 5.56 Å². The van der Waals surface area contributed by atoms with Crippen LogP contribution in [0.25, 0.3) is 0 Å². The maximum absolute atomic E-state index is 12.1. The topological polar surface area (TPSA) is 62.8 Å². The van der Waals surface area contributed by atoms with Crippen LogP contribution >= 0.6 is 0 Å². The minimum absolute atomic E-state index is 0.178. The number of benzene rings is 1. The summed E-state index contributed by atoms with van der Waals surface area (Å²) in [5.41, 5.74) is 1.40. The quantitative estimate of drug-likeness (QED) is 0.794. The molecular weight excluding hydrogens is 216 g/mol. The summed E-state index contributed by atoms with van der Waals surface area (Å²) in [6.45, 7) is 3.25. The van der Waals surface area contributed by atoms with Gasteiger partial charge in [-0.2, -0.15) is 0 Å². The van der Waals surface area contributed by atoms with Crippen LogP contribution in [0.1, 0.15) is 27.4 Å². The molecule has 0 bridgehead atoms. The van der Waals surface area contributed by atoms with Gasteiger partial charge >= 0.3 is 0 Å². The van der Waals surface area contributed by atoms with Crippen LogP contribution in [0, 0.1) is 13.8 Å². The van der Waals surface area contributed by atoms with E-state index in [0.29, 0.717) is 22.6 Å². The summed E-state index contributed by atoms with van der Waals surface area (Å²) in [5.74, 6) is -0.178. The number of hydrogen-bond acceptors (Lipinski definition) is 3. The lowest BCUT2D eigenvalue weighted by atomic mass is 10.1. The Kier molecular flexibility index (Phi) is 2.87. The fourth-order valence-electron chi connectivity index (χ4n) is 1.57. The molecule has 0 fully saturated rings. The SMILES string of the molecule is Cc1[nH]c(=O)c(C)nc1C(=O)c1ccccc1. The highest BCUT2D eigenvalue weighted by Crippen LogP contribution is 2.09. The lowest BCUT2D eigenvalue weighted by molar-refractivity contribution is 0.103. The molecule has 0 aliphatic rings. The van der Waals surface area contributed by atoms with Crippen LogP contribution in [0.5, 0.6) is 0 Å². The van der Waals surface area contributed by atoms with Gasteiger partial charge in [-0.1, -0.05) is 30.3 Å². The molecule has 0 radical (unpaired) electrons. The molecule has 0 atom stereocenters. The van der Waals surface area contributed by atoms with Crippen LogP contribution in [-0.2, 0) is 0 Å². The number of carbonyl (C=O) groups excluding carboxylic acids is 1. The fraction of sp³-hybridized carbons (Fsp3) is 0.154. The summed E-state index contributed by atoms with van der Waals surface area (Å²) in [7, 11) is 0. The van der Waals surface area contributed by atoms with E-state index in [4.69, 9.17) is 0 Å². The Bertz CT molecular complexity index is 615. The van der Waals surface area contributed by atoms with Gasteiger partial charge in [-0.05, 0) is 13.8 Å². The molecule has 0 unspecified atom stereocenters. The van der Waals surface area contributed by atoms with Crippen molar-refractivity contribution in [3.8, 4) is 0 Å². The maximum atomic E-state index is 12.1. The Morgan fingerprint density at radius 2 is 1.82 bits per heavy atom. The van der Waals surface area contributed by atoms with Crippen LogP contribution in [0.4, 0.5) is 0 Å². The Morgan fingerprint density at radius 3 is 2.47 bits per heavy atom. The number of ketones is 1. The van der Waals surface area contributed by atoms with Crippen molar-refractivity contribution < 1.29 is 4.79 Å². The lowest BCUT2D eigenvalue weighted by Gasteiger charge is -2.04. The second-order valence-electron chi connectivity index (χ2n) is 3.82. The highest BCUT2D eigenvalue weighted by atomic mass is 16.1. The van der Waals surface area contributed by atoms with Crippen molar-refractivity contribution in [3.63, 3.8) is 0 Å². The number of rotatable bonds is 2. The second-order valence-corrected chi connectivity index (χ2v) is 3.82. The smallest absolute Gasteiger partial charge is 0.269 e. The van der Waals surface area contributed by atoms with E-state index in [1.807, 2.05) is 6.07 Å². The van der Waals surface area contributed by atoms with Crippen molar-refractivity contribution in [2.45, 2.75) is 13.8 Å². The highest BCUT2D eigenvalue weighted by molar-refractivity contribution is 6.08. The van der Waals surface area contributed by atoms with Crippen LogP contribution in [0.3, 0.4) is 0 Å². The molecule has 4 heteroatoms. The van der Waals surface area contributed by atoms with E-state index >= 15 is 0 Å². The molecule has 0 aliphatic heterocycles. The molecule has 0 saturated carbocycles. The average Bonchev–Trinajstić information content (AvgIpc) is 2.34. The van der Waals surface area contributed by atoms with E-state index < -0.39 is 0 Å². The van der Waals surface area contributed by atoms with Crippen molar-refractivity contribution >= 4 is 5.78 Å². The first kappa shape index (κ1) is 11.3. The second kappa shape index (κ2) is 4.33. The molecule has 4 nitrogen and oxygen atoms in total. The molecule has 1 aromatic heterocycles. The van der Waals surface area contributed by atoms with Crippen LogP contribution in [0.2, 0.25) is 0 Å². The molecule has 1 N–H and O–H groups in total. The van der Waals surface area contributed by atoms with Gasteiger partial charge in [0.05, 0.1) is 0 Å². The van der Waals surface area contributed by atoms with Gasteiger partial charge < -0.3 is 4.98 Å². The fourth-order valence-corrected chi connectivity index (χ4v) is 1.57. The van der Waals surface area contributed by atoms with E-state index in [9.17, 15) is 9.59 Å². The third kappa shape index (κ3) is 2.15. The number of aryl methyl sites for hydroxylation is 2. The highest BCUT2D eigenvalue weighted by Gasteiger charge is 2.14. The van der Waals surface area contributed by atoms with Crippen molar-refractivity contribution in [3.05, 3.63) is 63.3 Å². The van der Waals surface area contributed by atoms with Crippen LogP contribution in [-0.4, -0.2) is 15.8 Å². The molecule has 1 aromatic carbocycles. The number of nitrogens with one attached hydrogen (secondary N) is 1. The molecular formula is C13H12N2O2. The first-order valence-corrected chi connectivity index (χ1v) is 5.27. The maximum Gasteiger partial charge on any atom is 0.269 e. The molecule has 2 aromatic rings. The van der Waals surface area contributed by atoms with Crippen molar-refractivity contribution in [1.82, 2.24) is 9.97 Å². The number of aromatic nitrogens is 2. The summed E-state index contributed by atoms with van der Waals surface area (Å²) in [5, 5.41) is 0. The summed E-state index contributed by atoms with van der Waals surface area (Å²) in [6.07, 6.45) is 0. The lowest BCUT2D eigenvalue weighted by Crippen LogP contribution is -2.19. The van der Waals surface area contributed by atoms with Gasteiger partial charge in [-0.25, -0.2) is 4.98 Å². The third-order valence-electron chi connectivity index (χ3n) is 2.52. The molecule has 0 amide bonds. The number of carbonyl (C=O) groups is 1. The Morgan fingerprint density at radius 1 is 1.18 bits per heavy atom. The molecule has 0 saturated heterocycles. The molecule has 2 rings (SSSR count). The largest absolute Gasteiger partial charge is 0.323 e. The normalized spacial score (nSPS) is 10.2. The summed E-state index contributed by atoms with van der Waals surface area (Å²) >= 11 is 0. The Balaban J connectivity index is 2.52. The van der Waals surface area contributed by atoms with Gasteiger partial charge in [0.1, 0.15) is 11.4 Å².